The fraction of sp³-hybridized carbons (Fsp3) is 0.389. The number of hydrogen-bond donors (Lipinski definition) is 1. The Morgan fingerprint density at radius 3 is 1.86 bits per heavy atom. The largest absolute Gasteiger partial charge is 0.491 e. The molecule has 0 aliphatic rings. The number of hydrogen-bond acceptors (Lipinski definition) is 3. The zero-order chi connectivity index (χ0) is 15.2. The highest BCUT2D eigenvalue weighted by atomic mass is 16.5. The van der Waals surface area contributed by atoms with Crippen LogP contribution in [-0.4, -0.2) is 11.1 Å². The Balaban J connectivity index is 1.98. The molecule has 0 aliphatic heterocycles. The lowest BCUT2D eigenvalue weighted by Gasteiger charge is -2.21. The first-order valence-electron chi connectivity index (χ1n) is 7.49. The fourth-order valence-corrected chi connectivity index (χ4v) is 2.33. The molecule has 3 heteroatoms. The van der Waals surface area contributed by atoms with Gasteiger partial charge >= 0.3 is 0 Å². The Morgan fingerprint density at radius 1 is 0.810 bits per heavy atom. The molecule has 21 heavy (non-hydrogen) atoms. The van der Waals surface area contributed by atoms with Crippen LogP contribution in [-0.2, 0) is 0 Å². The molecule has 0 radical (unpaired) electrons. The fourth-order valence-electron chi connectivity index (χ4n) is 2.33. The molecule has 2 aromatic rings. The Bertz CT molecular complexity index is 537. The van der Waals surface area contributed by atoms with Crippen molar-refractivity contribution < 1.29 is 4.74 Å². The van der Waals surface area contributed by atoms with Gasteiger partial charge in [0.15, 0.2) is 0 Å². The second-order valence-electron chi connectivity index (χ2n) is 5.63. The second kappa shape index (κ2) is 7.23. The van der Waals surface area contributed by atoms with Crippen LogP contribution in [0.2, 0.25) is 0 Å². The lowest BCUT2D eigenvalue weighted by atomic mass is 10.0. The van der Waals surface area contributed by atoms with Crippen LogP contribution in [0.3, 0.4) is 0 Å². The van der Waals surface area contributed by atoms with Crippen LogP contribution in [0.4, 0.5) is 0 Å². The van der Waals surface area contributed by atoms with Gasteiger partial charge < -0.3 is 10.1 Å². The number of nitrogens with zero attached hydrogens (tertiary/aromatic N) is 1. The zero-order valence-corrected chi connectivity index (χ0v) is 13.2. The molecule has 2 atom stereocenters. The van der Waals surface area contributed by atoms with Crippen molar-refractivity contribution in [2.24, 2.45) is 0 Å². The van der Waals surface area contributed by atoms with E-state index in [0.29, 0.717) is 0 Å². The van der Waals surface area contributed by atoms with Gasteiger partial charge in [-0.2, -0.15) is 0 Å². The maximum absolute atomic E-state index is 5.67. The minimum atomic E-state index is 0.207. The molecule has 0 fully saturated rings. The lowest BCUT2D eigenvalue weighted by Crippen LogP contribution is -2.22. The van der Waals surface area contributed by atoms with E-state index in [1.165, 1.54) is 11.1 Å². The van der Waals surface area contributed by atoms with Crippen LogP contribution in [0, 0.1) is 0 Å². The highest BCUT2D eigenvalue weighted by Gasteiger charge is 2.11. The maximum Gasteiger partial charge on any atom is 0.119 e. The molecule has 0 saturated carbocycles. The normalized spacial score (nSPS) is 14.0. The molecule has 1 unspecified atom stereocenters. The first-order valence-corrected chi connectivity index (χ1v) is 7.49. The molecule has 112 valence electrons. The first kappa shape index (κ1) is 15.5. The summed E-state index contributed by atoms with van der Waals surface area (Å²) >= 11 is 0. The average Bonchev–Trinajstić information content (AvgIpc) is 2.48. The summed E-state index contributed by atoms with van der Waals surface area (Å²) in [5, 5.41) is 3.60. The summed E-state index contributed by atoms with van der Waals surface area (Å²) < 4.78 is 5.67. The minimum Gasteiger partial charge on any atom is -0.491 e. The van der Waals surface area contributed by atoms with Gasteiger partial charge in [0, 0.05) is 24.5 Å². The Morgan fingerprint density at radius 2 is 1.33 bits per heavy atom. The third-order valence-corrected chi connectivity index (χ3v) is 3.46. The van der Waals surface area contributed by atoms with Gasteiger partial charge in [-0.3, -0.25) is 4.98 Å². The molecular weight excluding hydrogens is 260 g/mol. The van der Waals surface area contributed by atoms with E-state index in [4.69, 9.17) is 4.74 Å². The van der Waals surface area contributed by atoms with Crippen molar-refractivity contribution in [3.8, 4) is 5.75 Å². The van der Waals surface area contributed by atoms with Gasteiger partial charge in [-0.25, -0.2) is 0 Å². The van der Waals surface area contributed by atoms with Crippen molar-refractivity contribution in [3.05, 3.63) is 59.9 Å². The summed E-state index contributed by atoms with van der Waals surface area (Å²) in [5.74, 6) is 0.920. The van der Waals surface area contributed by atoms with Crippen LogP contribution in [0.5, 0.6) is 5.75 Å². The summed E-state index contributed by atoms with van der Waals surface area (Å²) in [5.41, 5.74) is 2.50. The molecule has 1 heterocycles. The van der Waals surface area contributed by atoms with Gasteiger partial charge in [0.2, 0.25) is 0 Å². The molecule has 0 spiro atoms. The van der Waals surface area contributed by atoms with E-state index in [1.54, 1.807) is 0 Å². The number of benzene rings is 1. The highest BCUT2D eigenvalue weighted by Crippen LogP contribution is 2.21. The predicted octanol–water partition coefficient (Wildman–Crippen LogP) is 4.28. The molecule has 2 rings (SSSR count). The van der Waals surface area contributed by atoms with E-state index in [9.17, 15) is 0 Å². The van der Waals surface area contributed by atoms with E-state index < -0.39 is 0 Å². The van der Waals surface area contributed by atoms with E-state index in [-0.39, 0.29) is 18.2 Å². The molecule has 0 amide bonds. The molecule has 1 aromatic heterocycles. The summed E-state index contributed by atoms with van der Waals surface area (Å²) in [6.45, 7) is 8.42. The summed E-state index contributed by atoms with van der Waals surface area (Å²) in [7, 11) is 0. The van der Waals surface area contributed by atoms with Crippen molar-refractivity contribution in [3.63, 3.8) is 0 Å². The molecular formula is C18H24N2O. The van der Waals surface area contributed by atoms with Crippen molar-refractivity contribution in [2.75, 3.05) is 0 Å². The number of rotatable bonds is 6. The van der Waals surface area contributed by atoms with Gasteiger partial charge in [-0.05, 0) is 63.1 Å². The highest BCUT2D eigenvalue weighted by molar-refractivity contribution is 5.29. The standard InChI is InChI=1S/C18H24N2O/c1-13(2)21-18-7-5-16(6-8-18)14(3)20-15(4)17-9-11-19-12-10-17/h5-15,20H,1-4H3/t14?,15-/m0/s1. The van der Waals surface area contributed by atoms with Gasteiger partial charge in [0.1, 0.15) is 5.75 Å². The number of ether oxygens (including phenoxy) is 1. The van der Waals surface area contributed by atoms with Gasteiger partial charge in [0.25, 0.3) is 0 Å². The summed E-state index contributed by atoms with van der Waals surface area (Å²) in [6.07, 6.45) is 3.87. The van der Waals surface area contributed by atoms with E-state index in [0.717, 1.165) is 5.75 Å². The van der Waals surface area contributed by atoms with Gasteiger partial charge in [0.05, 0.1) is 6.10 Å². The van der Waals surface area contributed by atoms with E-state index >= 15 is 0 Å². The van der Waals surface area contributed by atoms with Crippen molar-refractivity contribution in [2.45, 2.75) is 45.9 Å². The Kier molecular flexibility index (Phi) is 5.34. The second-order valence-corrected chi connectivity index (χ2v) is 5.63. The van der Waals surface area contributed by atoms with E-state index in [2.05, 4.69) is 36.3 Å². The summed E-state index contributed by atoms with van der Waals surface area (Å²) in [4.78, 5) is 4.06. The SMILES string of the molecule is CC(C)Oc1ccc(C(C)N[C@@H](C)c2ccncc2)cc1. The monoisotopic (exact) mass is 284 g/mol. The van der Waals surface area contributed by atoms with Gasteiger partial charge in [-0.15, -0.1) is 0 Å². The predicted molar refractivity (Wildman–Crippen MR) is 86.4 cm³/mol. The average molecular weight is 284 g/mol. The molecule has 1 N–H and O–H groups in total. The Labute approximate surface area is 127 Å². The molecule has 0 aliphatic carbocycles. The smallest absolute Gasteiger partial charge is 0.119 e. The van der Waals surface area contributed by atoms with Crippen LogP contribution < -0.4 is 10.1 Å². The number of nitrogens with one attached hydrogen (secondary N) is 1. The molecule has 0 saturated heterocycles. The molecule has 0 bridgehead atoms. The zero-order valence-electron chi connectivity index (χ0n) is 13.2. The summed E-state index contributed by atoms with van der Waals surface area (Å²) in [6, 6.07) is 13.0. The van der Waals surface area contributed by atoms with Gasteiger partial charge in [-0.1, -0.05) is 12.1 Å². The van der Waals surface area contributed by atoms with E-state index in [1.807, 2.05) is 50.5 Å². The Hall–Kier alpha value is -1.87. The van der Waals surface area contributed by atoms with Crippen LogP contribution in [0.25, 0.3) is 0 Å². The quantitative estimate of drug-likeness (QED) is 0.859. The topological polar surface area (TPSA) is 34.1 Å². The van der Waals surface area contributed by atoms with Crippen molar-refractivity contribution >= 4 is 0 Å². The molecule has 3 nitrogen and oxygen atoms in total. The lowest BCUT2D eigenvalue weighted by molar-refractivity contribution is 0.242. The van der Waals surface area contributed by atoms with Crippen molar-refractivity contribution in [1.29, 1.82) is 0 Å². The maximum atomic E-state index is 5.67. The minimum absolute atomic E-state index is 0.207. The van der Waals surface area contributed by atoms with Crippen LogP contribution in [0.1, 0.15) is 50.9 Å². The molecule has 1 aromatic carbocycles. The number of pyridine rings is 1. The van der Waals surface area contributed by atoms with Crippen molar-refractivity contribution in [1.82, 2.24) is 10.3 Å². The van der Waals surface area contributed by atoms with Crippen LogP contribution in [0.15, 0.2) is 48.8 Å². The third kappa shape index (κ3) is 4.57. The third-order valence-electron chi connectivity index (χ3n) is 3.46. The number of aromatic nitrogens is 1. The van der Waals surface area contributed by atoms with Crippen LogP contribution >= 0.6 is 0 Å². The first-order chi connectivity index (χ1) is 10.1.